The SMILES string of the molecule is C[C@@H](O)C1CN(C(=O)C2(C(=O)O)CCCCC2)CCO1. The van der Waals surface area contributed by atoms with Gasteiger partial charge in [-0.1, -0.05) is 19.3 Å². The van der Waals surface area contributed by atoms with E-state index in [0.717, 1.165) is 19.3 Å². The predicted molar refractivity (Wildman–Crippen MR) is 71.2 cm³/mol. The van der Waals surface area contributed by atoms with Crippen LogP contribution in [0.15, 0.2) is 0 Å². The van der Waals surface area contributed by atoms with E-state index in [1.54, 1.807) is 11.8 Å². The van der Waals surface area contributed by atoms with Gasteiger partial charge in [0, 0.05) is 13.1 Å². The Balaban J connectivity index is 2.13. The summed E-state index contributed by atoms with van der Waals surface area (Å²) in [6.45, 7) is 2.63. The first-order chi connectivity index (χ1) is 9.47. The van der Waals surface area contributed by atoms with E-state index in [-0.39, 0.29) is 12.5 Å². The number of carboxylic acids is 1. The van der Waals surface area contributed by atoms with E-state index < -0.39 is 23.6 Å². The highest BCUT2D eigenvalue weighted by molar-refractivity contribution is 6.02. The molecule has 1 heterocycles. The van der Waals surface area contributed by atoms with Gasteiger partial charge in [0.25, 0.3) is 0 Å². The molecule has 2 rings (SSSR count). The fraction of sp³-hybridized carbons (Fsp3) is 0.857. The van der Waals surface area contributed by atoms with Crippen LogP contribution in [0.2, 0.25) is 0 Å². The topological polar surface area (TPSA) is 87.1 Å². The molecule has 2 N–H and O–H groups in total. The zero-order chi connectivity index (χ0) is 14.8. The lowest BCUT2D eigenvalue weighted by molar-refractivity contribution is -0.169. The van der Waals surface area contributed by atoms with Crippen LogP contribution in [0, 0.1) is 5.41 Å². The Labute approximate surface area is 118 Å². The largest absolute Gasteiger partial charge is 0.480 e. The first-order valence-electron chi connectivity index (χ1n) is 7.30. The highest BCUT2D eigenvalue weighted by atomic mass is 16.5. The smallest absolute Gasteiger partial charge is 0.319 e. The van der Waals surface area contributed by atoms with Crippen LogP contribution >= 0.6 is 0 Å². The van der Waals surface area contributed by atoms with Crippen LogP contribution in [0.1, 0.15) is 39.0 Å². The molecule has 114 valence electrons. The van der Waals surface area contributed by atoms with Crippen molar-refractivity contribution < 1.29 is 24.5 Å². The summed E-state index contributed by atoms with van der Waals surface area (Å²) >= 11 is 0. The minimum atomic E-state index is -1.27. The molecular formula is C14H23NO5. The van der Waals surface area contributed by atoms with Crippen LogP contribution in [0.4, 0.5) is 0 Å². The summed E-state index contributed by atoms with van der Waals surface area (Å²) in [6, 6.07) is 0. The quantitative estimate of drug-likeness (QED) is 0.743. The molecule has 0 aromatic carbocycles. The van der Waals surface area contributed by atoms with E-state index in [2.05, 4.69) is 0 Å². The lowest BCUT2D eigenvalue weighted by Gasteiger charge is -2.40. The van der Waals surface area contributed by atoms with Crippen molar-refractivity contribution in [3.05, 3.63) is 0 Å². The van der Waals surface area contributed by atoms with Crippen LogP contribution in [-0.4, -0.2) is 58.9 Å². The number of aliphatic hydroxyl groups excluding tert-OH is 1. The zero-order valence-corrected chi connectivity index (χ0v) is 11.9. The zero-order valence-electron chi connectivity index (χ0n) is 11.9. The molecule has 0 radical (unpaired) electrons. The molecule has 0 aromatic rings. The maximum atomic E-state index is 12.7. The molecule has 2 fully saturated rings. The molecule has 6 nitrogen and oxygen atoms in total. The first kappa shape index (κ1) is 15.3. The van der Waals surface area contributed by atoms with Gasteiger partial charge < -0.3 is 19.8 Å². The maximum Gasteiger partial charge on any atom is 0.319 e. The second-order valence-electron chi connectivity index (χ2n) is 5.85. The lowest BCUT2D eigenvalue weighted by atomic mass is 9.73. The maximum absolute atomic E-state index is 12.7. The van der Waals surface area contributed by atoms with Crippen LogP contribution in [-0.2, 0) is 14.3 Å². The lowest BCUT2D eigenvalue weighted by Crippen LogP contribution is -2.56. The van der Waals surface area contributed by atoms with Gasteiger partial charge in [-0.25, -0.2) is 0 Å². The average molecular weight is 285 g/mol. The molecule has 0 bridgehead atoms. The van der Waals surface area contributed by atoms with Crippen molar-refractivity contribution in [3.8, 4) is 0 Å². The number of carboxylic acid groups (broad SMARTS) is 1. The molecule has 0 aromatic heterocycles. The molecule has 1 saturated heterocycles. The molecule has 1 unspecified atom stereocenters. The standard InChI is InChI=1S/C14H23NO5/c1-10(16)11-9-15(7-8-20-11)12(17)14(13(18)19)5-3-2-4-6-14/h10-11,16H,2-9H2,1H3,(H,18,19)/t10-,11?/m1/s1. The molecule has 20 heavy (non-hydrogen) atoms. The van der Waals surface area contributed by atoms with Gasteiger partial charge in [0.05, 0.1) is 12.7 Å². The molecular weight excluding hydrogens is 262 g/mol. The summed E-state index contributed by atoms with van der Waals surface area (Å²) in [5.41, 5.74) is -1.27. The van der Waals surface area contributed by atoms with Crippen molar-refractivity contribution in [1.82, 2.24) is 4.90 Å². The number of aliphatic carboxylic acids is 1. The predicted octanol–water partition coefficient (Wildman–Crippen LogP) is 0.630. The van der Waals surface area contributed by atoms with Crippen LogP contribution in [0.25, 0.3) is 0 Å². The third-order valence-electron chi connectivity index (χ3n) is 4.44. The number of hydrogen-bond donors (Lipinski definition) is 2. The van der Waals surface area contributed by atoms with E-state index in [1.807, 2.05) is 0 Å². The fourth-order valence-electron chi connectivity index (χ4n) is 3.13. The van der Waals surface area contributed by atoms with Gasteiger partial charge in [-0.3, -0.25) is 9.59 Å². The van der Waals surface area contributed by atoms with E-state index >= 15 is 0 Å². The van der Waals surface area contributed by atoms with Crippen LogP contribution < -0.4 is 0 Å². The van der Waals surface area contributed by atoms with E-state index in [4.69, 9.17) is 4.74 Å². The summed E-state index contributed by atoms with van der Waals surface area (Å²) < 4.78 is 5.41. The van der Waals surface area contributed by atoms with Gasteiger partial charge in [-0.05, 0) is 19.8 Å². The molecule has 1 aliphatic heterocycles. The number of aliphatic hydroxyl groups is 1. The van der Waals surface area contributed by atoms with Gasteiger partial charge in [0.1, 0.15) is 11.5 Å². The van der Waals surface area contributed by atoms with E-state index in [1.165, 1.54) is 0 Å². The number of amides is 1. The normalized spacial score (nSPS) is 27.9. The van der Waals surface area contributed by atoms with Gasteiger partial charge in [-0.15, -0.1) is 0 Å². The second-order valence-corrected chi connectivity index (χ2v) is 5.85. The van der Waals surface area contributed by atoms with Crippen molar-refractivity contribution in [1.29, 1.82) is 0 Å². The minimum absolute atomic E-state index is 0.269. The van der Waals surface area contributed by atoms with E-state index in [0.29, 0.717) is 26.0 Å². The van der Waals surface area contributed by atoms with Crippen molar-refractivity contribution in [2.45, 2.75) is 51.2 Å². The second kappa shape index (κ2) is 6.10. The number of ether oxygens (including phenoxy) is 1. The molecule has 6 heteroatoms. The number of carbonyl (C=O) groups excluding carboxylic acids is 1. The monoisotopic (exact) mass is 285 g/mol. The number of morpholine rings is 1. The average Bonchev–Trinajstić information content (AvgIpc) is 2.47. The molecule has 1 aliphatic carbocycles. The Bertz CT molecular complexity index is 376. The summed E-state index contributed by atoms with van der Waals surface area (Å²) in [5, 5.41) is 19.1. The van der Waals surface area contributed by atoms with Crippen molar-refractivity contribution in [3.63, 3.8) is 0 Å². The number of carbonyl (C=O) groups is 2. The molecule has 1 amide bonds. The van der Waals surface area contributed by atoms with E-state index in [9.17, 15) is 19.8 Å². The summed E-state index contributed by atoms with van der Waals surface area (Å²) in [4.78, 5) is 25.9. The Hall–Kier alpha value is -1.14. The first-order valence-corrected chi connectivity index (χ1v) is 7.30. The minimum Gasteiger partial charge on any atom is -0.480 e. The molecule has 0 spiro atoms. The van der Waals surface area contributed by atoms with Gasteiger partial charge >= 0.3 is 5.97 Å². The Kier molecular flexibility index (Phi) is 4.65. The summed E-state index contributed by atoms with van der Waals surface area (Å²) in [7, 11) is 0. The van der Waals surface area contributed by atoms with Crippen LogP contribution in [0.5, 0.6) is 0 Å². The van der Waals surface area contributed by atoms with Crippen LogP contribution in [0.3, 0.4) is 0 Å². The fourth-order valence-corrected chi connectivity index (χ4v) is 3.13. The molecule has 2 atom stereocenters. The highest BCUT2D eigenvalue weighted by Crippen LogP contribution is 2.38. The third-order valence-corrected chi connectivity index (χ3v) is 4.44. The molecule has 1 saturated carbocycles. The molecule has 2 aliphatic rings. The van der Waals surface area contributed by atoms with Crippen molar-refractivity contribution in [2.24, 2.45) is 5.41 Å². The van der Waals surface area contributed by atoms with Gasteiger partial charge in [0.2, 0.25) is 5.91 Å². The summed E-state index contributed by atoms with van der Waals surface area (Å²) in [6.07, 6.45) is 2.28. The van der Waals surface area contributed by atoms with Gasteiger partial charge in [0.15, 0.2) is 0 Å². The summed E-state index contributed by atoms with van der Waals surface area (Å²) in [5.74, 6) is -1.32. The van der Waals surface area contributed by atoms with Gasteiger partial charge in [-0.2, -0.15) is 0 Å². The Morgan fingerprint density at radius 1 is 1.30 bits per heavy atom. The highest BCUT2D eigenvalue weighted by Gasteiger charge is 2.49. The number of rotatable bonds is 3. The number of hydrogen-bond acceptors (Lipinski definition) is 4. The number of nitrogens with zero attached hydrogens (tertiary/aromatic N) is 1. The Morgan fingerprint density at radius 2 is 1.95 bits per heavy atom. The Morgan fingerprint density at radius 3 is 2.50 bits per heavy atom. The third kappa shape index (κ3) is 2.81. The van der Waals surface area contributed by atoms with Crippen molar-refractivity contribution in [2.75, 3.05) is 19.7 Å². The van der Waals surface area contributed by atoms with Crippen molar-refractivity contribution >= 4 is 11.9 Å².